The maximum Gasteiger partial charge on any atom is 0.352 e. The summed E-state index contributed by atoms with van der Waals surface area (Å²) in [6, 6.07) is 14.8. The summed E-state index contributed by atoms with van der Waals surface area (Å²) in [7, 11) is 0. The van der Waals surface area contributed by atoms with Crippen molar-refractivity contribution in [2.45, 2.75) is 26.1 Å². The second-order valence-corrected chi connectivity index (χ2v) is 8.02. The summed E-state index contributed by atoms with van der Waals surface area (Å²) in [5.41, 5.74) is -1.04. The third-order valence-corrected chi connectivity index (χ3v) is 5.24. The van der Waals surface area contributed by atoms with Gasteiger partial charge in [0.05, 0.1) is 0 Å². The van der Waals surface area contributed by atoms with Crippen molar-refractivity contribution in [1.29, 1.82) is 0 Å². The summed E-state index contributed by atoms with van der Waals surface area (Å²) in [5, 5.41) is 0. The van der Waals surface area contributed by atoms with Crippen molar-refractivity contribution >= 4 is 29.2 Å². The molecule has 0 amide bonds. The van der Waals surface area contributed by atoms with Gasteiger partial charge < -0.3 is 9.47 Å². The van der Waals surface area contributed by atoms with Crippen LogP contribution >= 0.6 is 23.2 Å². The molecule has 1 aliphatic carbocycles. The molecule has 1 saturated carbocycles. The number of ether oxygens (including phenoxy) is 2. The lowest BCUT2D eigenvalue weighted by Crippen LogP contribution is -2.37. The highest BCUT2D eigenvalue weighted by Crippen LogP contribution is 2.65. The standard InChI is InChI=1S/C21H19Cl2FO3/c1-20(2)17(12-18(22)23)21(20,27-16-10-8-15(24)9-11-16)19(25)26-13-14-6-4-3-5-7-14/h3-12,17H,13H2,1-2H3. The van der Waals surface area contributed by atoms with Gasteiger partial charge in [0.2, 0.25) is 5.60 Å². The lowest BCUT2D eigenvalue weighted by molar-refractivity contribution is -0.158. The largest absolute Gasteiger partial charge is 0.474 e. The van der Waals surface area contributed by atoms with E-state index in [0.29, 0.717) is 5.75 Å². The number of rotatable bonds is 6. The van der Waals surface area contributed by atoms with Gasteiger partial charge in [0, 0.05) is 11.3 Å². The van der Waals surface area contributed by atoms with Gasteiger partial charge in [-0.05, 0) is 35.9 Å². The van der Waals surface area contributed by atoms with Crippen LogP contribution in [-0.2, 0) is 16.1 Å². The van der Waals surface area contributed by atoms with E-state index in [1.807, 2.05) is 44.2 Å². The highest BCUT2D eigenvalue weighted by atomic mass is 35.5. The molecule has 0 radical (unpaired) electrons. The fraction of sp³-hybridized carbons (Fsp3) is 0.286. The van der Waals surface area contributed by atoms with Gasteiger partial charge in [-0.2, -0.15) is 0 Å². The number of halogens is 3. The van der Waals surface area contributed by atoms with Crippen molar-refractivity contribution < 1.29 is 18.7 Å². The number of benzene rings is 2. The average Bonchev–Trinajstić information content (AvgIpc) is 3.09. The van der Waals surface area contributed by atoms with E-state index in [0.717, 1.165) is 5.56 Å². The maximum absolute atomic E-state index is 13.2. The molecule has 2 aromatic carbocycles. The Morgan fingerprint density at radius 3 is 2.33 bits per heavy atom. The predicted octanol–water partition coefficient (Wildman–Crippen LogP) is 5.66. The Bertz CT molecular complexity index is 845. The van der Waals surface area contributed by atoms with E-state index in [2.05, 4.69) is 0 Å². The first kappa shape index (κ1) is 19.7. The van der Waals surface area contributed by atoms with Crippen LogP contribution in [0.4, 0.5) is 4.39 Å². The van der Waals surface area contributed by atoms with Gasteiger partial charge in [0.1, 0.15) is 22.7 Å². The smallest absolute Gasteiger partial charge is 0.352 e. The third-order valence-electron chi connectivity index (χ3n) is 4.99. The summed E-state index contributed by atoms with van der Waals surface area (Å²) in [4.78, 5) is 13.0. The van der Waals surface area contributed by atoms with Crippen LogP contribution in [0.3, 0.4) is 0 Å². The normalized spacial score (nSPS) is 22.6. The molecular weight excluding hydrogens is 390 g/mol. The van der Waals surface area contributed by atoms with Crippen molar-refractivity contribution in [2.75, 3.05) is 0 Å². The molecule has 2 unspecified atom stereocenters. The van der Waals surface area contributed by atoms with Gasteiger partial charge in [-0.1, -0.05) is 67.4 Å². The number of carbonyl (C=O) groups excluding carboxylic acids is 1. The van der Waals surface area contributed by atoms with Gasteiger partial charge in [-0.3, -0.25) is 0 Å². The maximum atomic E-state index is 13.2. The molecule has 0 aromatic heterocycles. The van der Waals surface area contributed by atoms with Crippen molar-refractivity contribution in [3.8, 4) is 5.75 Å². The molecule has 142 valence electrons. The molecule has 27 heavy (non-hydrogen) atoms. The van der Waals surface area contributed by atoms with Gasteiger partial charge in [-0.15, -0.1) is 0 Å². The first-order valence-electron chi connectivity index (χ1n) is 8.46. The van der Waals surface area contributed by atoms with E-state index < -0.39 is 22.8 Å². The van der Waals surface area contributed by atoms with Crippen LogP contribution < -0.4 is 4.74 Å². The quantitative estimate of drug-likeness (QED) is 0.578. The van der Waals surface area contributed by atoms with Crippen molar-refractivity contribution in [3.05, 3.63) is 76.5 Å². The summed E-state index contributed by atoms with van der Waals surface area (Å²) in [6.45, 7) is 3.87. The zero-order chi connectivity index (χ0) is 19.7. The van der Waals surface area contributed by atoms with Crippen molar-refractivity contribution in [3.63, 3.8) is 0 Å². The van der Waals surface area contributed by atoms with E-state index in [1.54, 1.807) is 6.08 Å². The van der Waals surface area contributed by atoms with E-state index >= 15 is 0 Å². The molecule has 2 atom stereocenters. The lowest BCUT2D eigenvalue weighted by Gasteiger charge is -2.21. The Morgan fingerprint density at radius 1 is 1.11 bits per heavy atom. The Morgan fingerprint density at radius 2 is 1.74 bits per heavy atom. The van der Waals surface area contributed by atoms with Crippen LogP contribution in [0, 0.1) is 17.2 Å². The molecule has 0 bridgehead atoms. The van der Waals surface area contributed by atoms with Crippen LogP contribution in [0.5, 0.6) is 5.75 Å². The first-order valence-corrected chi connectivity index (χ1v) is 9.21. The molecule has 0 saturated heterocycles. The summed E-state index contributed by atoms with van der Waals surface area (Å²) < 4.78 is 24.9. The van der Waals surface area contributed by atoms with Crippen molar-refractivity contribution in [1.82, 2.24) is 0 Å². The molecule has 2 aromatic rings. The number of hydrogen-bond acceptors (Lipinski definition) is 3. The van der Waals surface area contributed by atoms with Gasteiger partial charge >= 0.3 is 5.97 Å². The molecule has 0 aliphatic heterocycles. The minimum atomic E-state index is -1.30. The van der Waals surface area contributed by atoms with E-state index in [9.17, 15) is 9.18 Å². The number of hydrogen-bond donors (Lipinski definition) is 0. The van der Waals surface area contributed by atoms with Gasteiger partial charge in [0.25, 0.3) is 0 Å². The summed E-state index contributed by atoms with van der Waals surface area (Å²) in [5.74, 6) is -0.930. The average molecular weight is 409 g/mol. The molecule has 1 aliphatic rings. The molecule has 0 spiro atoms. The van der Waals surface area contributed by atoms with Crippen molar-refractivity contribution in [2.24, 2.45) is 11.3 Å². The summed E-state index contributed by atoms with van der Waals surface area (Å²) in [6.07, 6.45) is 1.58. The van der Waals surface area contributed by atoms with Crippen LogP contribution in [0.2, 0.25) is 0 Å². The first-order chi connectivity index (χ1) is 12.8. The van der Waals surface area contributed by atoms with Gasteiger partial charge in [0.15, 0.2) is 0 Å². The molecular formula is C21H19Cl2FO3. The zero-order valence-corrected chi connectivity index (χ0v) is 16.4. The zero-order valence-electron chi connectivity index (χ0n) is 14.9. The second kappa shape index (κ2) is 7.53. The number of esters is 1. The summed E-state index contributed by atoms with van der Waals surface area (Å²) >= 11 is 11.7. The highest BCUT2D eigenvalue weighted by molar-refractivity contribution is 6.55. The molecule has 0 N–H and O–H groups in total. The third kappa shape index (κ3) is 3.83. The van der Waals surface area contributed by atoms with Crippen LogP contribution in [0.1, 0.15) is 19.4 Å². The minimum absolute atomic E-state index is 0.0496. The fourth-order valence-electron chi connectivity index (χ4n) is 3.36. The SMILES string of the molecule is CC1(C)C(C=C(Cl)Cl)C1(Oc1ccc(F)cc1)C(=O)OCc1ccccc1. The molecule has 6 heteroatoms. The Kier molecular flexibility index (Phi) is 5.50. The predicted molar refractivity (Wildman–Crippen MR) is 103 cm³/mol. The van der Waals surface area contributed by atoms with Crippen LogP contribution in [0.25, 0.3) is 0 Å². The second-order valence-electron chi connectivity index (χ2n) is 7.01. The van der Waals surface area contributed by atoms with Gasteiger partial charge in [-0.25, -0.2) is 9.18 Å². The Labute approximate surface area is 167 Å². The van der Waals surface area contributed by atoms with Crippen LogP contribution in [-0.4, -0.2) is 11.6 Å². The molecule has 3 nitrogen and oxygen atoms in total. The lowest BCUT2D eigenvalue weighted by atomic mass is 10.1. The minimum Gasteiger partial charge on any atom is -0.474 e. The highest BCUT2D eigenvalue weighted by Gasteiger charge is 2.79. The molecule has 1 fully saturated rings. The van der Waals surface area contributed by atoms with Crippen LogP contribution in [0.15, 0.2) is 65.2 Å². The Balaban J connectivity index is 1.87. The fourth-order valence-corrected chi connectivity index (χ4v) is 3.61. The van der Waals surface area contributed by atoms with E-state index in [4.69, 9.17) is 32.7 Å². The molecule has 3 rings (SSSR count). The Hall–Kier alpha value is -2.04. The topological polar surface area (TPSA) is 35.5 Å². The van der Waals surface area contributed by atoms with E-state index in [-0.39, 0.29) is 17.0 Å². The monoisotopic (exact) mass is 408 g/mol. The number of carbonyl (C=O) groups is 1. The molecule has 0 heterocycles. The van der Waals surface area contributed by atoms with E-state index in [1.165, 1.54) is 24.3 Å².